The molecule has 0 spiro atoms. The van der Waals surface area contributed by atoms with Crippen LogP contribution in [0.4, 0.5) is 0 Å². The lowest BCUT2D eigenvalue weighted by atomic mass is 10.0. The number of allylic oxidation sites excluding steroid dienone is 3. The number of nitrogens with one attached hydrogen (secondary N) is 1. The molecule has 0 aromatic carbocycles. The normalized spacial score (nSPS) is 13.0. The minimum atomic E-state index is -0.858. The molecule has 0 bridgehead atoms. The molecule has 326 valence electrons. The topological polar surface area (TPSA) is 69.6 Å². The fourth-order valence-corrected chi connectivity index (χ4v) is 7.84. The van der Waals surface area contributed by atoms with Gasteiger partial charge in [0.15, 0.2) is 0 Å². The minimum Gasteiger partial charge on any atom is -0.394 e. The van der Waals surface area contributed by atoms with Gasteiger partial charge in [-0.2, -0.15) is 0 Å². The van der Waals surface area contributed by atoms with Crippen molar-refractivity contribution in [3.05, 3.63) is 24.3 Å². The van der Waals surface area contributed by atoms with Crippen molar-refractivity contribution < 1.29 is 15.0 Å². The van der Waals surface area contributed by atoms with Crippen LogP contribution in [0.25, 0.3) is 0 Å². The molecule has 0 saturated heterocycles. The Morgan fingerprint density at radius 2 is 0.709 bits per heavy atom. The van der Waals surface area contributed by atoms with Crippen molar-refractivity contribution in [1.29, 1.82) is 0 Å². The van der Waals surface area contributed by atoms with Gasteiger partial charge in [-0.3, -0.25) is 4.79 Å². The lowest BCUT2D eigenvalue weighted by molar-refractivity contribution is -0.123. The van der Waals surface area contributed by atoms with Crippen molar-refractivity contribution in [2.24, 2.45) is 0 Å². The van der Waals surface area contributed by atoms with Gasteiger partial charge >= 0.3 is 0 Å². The van der Waals surface area contributed by atoms with Gasteiger partial charge in [0.1, 0.15) is 0 Å². The van der Waals surface area contributed by atoms with E-state index in [1.54, 1.807) is 6.08 Å². The predicted molar refractivity (Wildman–Crippen MR) is 244 cm³/mol. The molecule has 3 N–H and O–H groups in total. The van der Waals surface area contributed by atoms with E-state index in [1.807, 2.05) is 6.08 Å². The fraction of sp³-hybridized carbons (Fsp3) is 0.902. The number of unbranched alkanes of at least 4 members (excludes halogenated alkanes) is 37. The Hall–Kier alpha value is -1.13. The zero-order valence-electron chi connectivity index (χ0n) is 37.5. The Morgan fingerprint density at radius 1 is 0.418 bits per heavy atom. The molecule has 0 fully saturated rings. The molecule has 0 rings (SSSR count). The minimum absolute atomic E-state index is 0.0685. The molecular weight excluding hydrogens is 675 g/mol. The van der Waals surface area contributed by atoms with Gasteiger partial charge in [-0.15, -0.1) is 0 Å². The van der Waals surface area contributed by atoms with Gasteiger partial charge in [0.2, 0.25) is 5.91 Å². The summed E-state index contributed by atoms with van der Waals surface area (Å²) in [6.45, 7) is 4.32. The van der Waals surface area contributed by atoms with Crippen molar-refractivity contribution in [3.8, 4) is 0 Å². The van der Waals surface area contributed by atoms with Crippen molar-refractivity contribution in [1.82, 2.24) is 5.32 Å². The van der Waals surface area contributed by atoms with Crippen LogP contribution in [0.5, 0.6) is 0 Å². The van der Waals surface area contributed by atoms with Gasteiger partial charge in [-0.05, 0) is 32.1 Å². The number of amides is 1. The molecular formula is C51H99NO3. The molecule has 4 nitrogen and oxygen atoms in total. The van der Waals surface area contributed by atoms with E-state index in [-0.39, 0.29) is 12.5 Å². The maximum atomic E-state index is 12.4. The molecule has 0 aliphatic rings. The van der Waals surface area contributed by atoms with E-state index in [2.05, 4.69) is 31.3 Å². The highest BCUT2D eigenvalue weighted by Gasteiger charge is 2.17. The summed E-state index contributed by atoms with van der Waals surface area (Å²) >= 11 is 0. The molecule has 2 unspecified atom stereocenters. The number of hydrogen-bond acceptors (Lipinski definition) is 3. The molecule has 0 aliphatic carbocycles. The molecule has 0 heterocycles. The van der Waals surface area contributed by atoms with Gasteiger partial charge in [-0.1, -0.05) is 263 Å². The molecule has 2 atom stereocenters. The summed E-state index contributed by atoms with van der Waals surface area (Å²) < 4.78 is 0. The van der Waals surface area contributed by atoms with Crippen LogP contribution in [0, 0.1) is 0 Å². The third-order valence-electron chi connectivity index (χ3n) is 11.7. The number of carbonyl (C=O) groups is 1. The van der Waals surface area contributed by atoms with Crippen LogP contribution in [0.2, 0.25) is 0 Å². The van der Waals surface area contributed by atoms with Gasteiger partial charge < -0.3 is 15.5 Å². The van der Waals surface area contributed by atoms with Crippen LogP contribution in [0.15, 0.2) is 24.3 Å². The van der Waals surface area contributed by atoms with E-state index in [9.17, 15) is 15.0 Å². The largest absolute Gasteiger partial charge is 0.394 e. The Morgan fingerprint density at radius 3 is 1.05 bits per heavy atom. The molecule has 0 saturated carbocycles. The van der Waals surface area contributed by atoms with E-state index >= 15 is 0 Å². The van der Waals surface area contributed by atoms with Gasteiger partial charge in [0.25, 0.3) is 0 Å². The number of carbonyl (C=O) groups excluding carboxylic acids is 1. The molecule has 0 aromatic rings. The summed E-state index contributed by atoms with van der Waals surface area (Å²) in [4.78, 5) is 12.4. The summed E-state index contributed by atoms with van der Waals surface area (Å²) in [5, 5.41) is 23.0. The Labute approximate surface area is 345 Å². The molecule has 55 heavy (non-hydrogen) atoms. The molecule has 0 aliphatic heterocycles. The average Bonchev–Trinajstić information content (AvgIpc) is 3.19. The Kier molecular flexibility index (Phi) is 46.3. The average molecular weight is 774 g/mol. The summed E-state index contributed by atoms with van der Waals surface area (Å²) in [5.74, 6) is -0.0685. The van der Waals surface area contributed by atoms with Gasteiger partial charge in [0, 0.05) is 6.42 Å². The standard InChI is InChI=1S/C51H99NO3/c1-3-5-7-9-11-13-15-17-19-21-22-23-24-25-26-27-28-29-30-31-33-35-37-39-41-43-45-47-51(55)52-49(48-53)50(54)46-44-42-40-38-36-34-32-20-18-16-14-12-10-8-6-4-2/h36,38,44,46,49-50,53-54H,3-35,37,39-43,45,47-48H2,1-2H3,(H,52,55)/b38-36+,46-44+. The third-order valence-corrected chi connectivity index (χ3v) is 11.7. The number of rotatable bonds is 46. The SMILES string of the molecule is CCCCCCCCCCCC/C=C/CC/C=C/C(O)C(CO)NC(=O)CCCCCCCCCCCCCCCCCCCCCCCCCCCCC. The Bertz CT molecular complexity index is 795. The highest BCUT2D eigenvalue weighted by molar-refractivity contribution is 5.76. The molecule has 0 aromatic heterocycles. The van der Waals surface area contributed by atoms with Crippen LogP contribution < -0.4 is 5.32 Å². The third kappa shape index (κ3) is 43.8. The second-order valence-electron chi connectivity index (χ2n) is 17.2. The highest BCUT2D eigenvalue weighted by atomic mass is 16.3. The first-order valence-corrected chi connectivity index (χ1v) is 25.1. The highest BCUT2D eigenvalue weighted by Crippen LogP contribution is 2.17. The first kappa shape index (κ1) is 53.9. The summed E-state index contributed by atoms with van der Waals surface area (Å²) in [6, 6.07) is -0.635. The lowest BCUT2D eigenvalue weighted by Crippen LogP contribution is -2.45. The van der Waals surface area contributed by atoms with Crippen molar-refractivity contribution in [2.75, 3.05) is 6.61 Å². The van der Waals surface area contributed by atoms with Crippen molar-refractivity contribution >= 4 is 5.91 Å². The van der Waals surface area contributed by atoms with Crippen LogP contribution >= 0.6 is 0 Å². The molecule has 0 radical (unpaired) electrons. The molecule has 4 heteroatoms. The first-order chi connectivity index (χ1) is 27.2. The van der Waals surface area contributed by atoms with E-state index in [0.29, 0.717) is 6.42 Å². The van der Waals surface area contributed by atoms with Crippen LogP contribution in [0.1, 0.15) is 277 Å². The fourth-order valence-electron chi connectivity index (χ4n) is 7.84. The van der Waals surface area contributed by atoms with Gasteiger partial charge in [-0.25, -0.2) is 0 Å². The van der Waals surface area contributed by atoms with Crippen molar-refractivity contribution in [2.45, 2.75) is 289 Å². The first-order valence-electron chi connectivity index (χ1n) is 25.1. The summed E-state index contributed by atoms with van der Waals surface area (Å²) in [5.41, 5.74) is 0. The van der Waals surface area contributed by atoms with E-state index in [4.69, 9.17) is 0 Å². The monoisotopic (exact) mass is 774 g/mol. The number of aliphatic hydroxyl groups is 2. The Balaban J connectivity index is 3.48. The van der Waals surface area contributed by atoms with E-state index in [0.717, 1.165) is 32.1 Å². The van der Waals surface area contributed by atoms with Crippen LogP contribution in [-0.4, -0.2) is 34.9 Å². The van der Waals surface area contributed by atoms with Crippen LogP contribution in [-0.2, 0) is 4.79 Å². The predicted octanol–water partition coefficient (Wildman–Crippen LogP) is 16.0. The zero-order chi connectivity index (χ0) is 40.0. The summed E-state index contributed by atoms with van der Waals surface area (Å²) in [7, 11) is 0. The maximum Gasteiger partial charge on any atom is 0.220 e. The second-order valence-corrected chi connectivity index (χ2v) is 17.2. The smallest absolute Gasteiger partial charge is 0.220 e. The number of aliphatic hydroxyl groups excluding tert-OH is 2. The van der Waals surface area contributed by atoms with Crippen molar-refractivity contribution in [3.63, 3.8) is 0 Å². The quantitative estimate of drug-likeness (QED) is 0.0426. The lowest BCUT2D eigenvalue weighted by Gasteiger charge is -2.19. The second kappa shape index (κ2) is 47.2. The number of hydrogen-bond donors (Lipinski definition) is 3. The maximum absolute atomic E-state index is 12.4. The molecule has 1 amide bonds. The van der Waals surface area contributed by atoms with E-state index < -0.39 is 12.1 Å². The van der Waals surface area contributed by atoms with E-state index in [1.165, 1.54) is 225 Å². The summed E-state index contributed by atoms with van der Waals surface area (Å²) in [6.07, 6.45) is 61.8. The van der Waals surface area contributed by atoms with Crippen LogP contribution in [0.3, 0.4) is 0 Å². The van der Waals surface area contributed by atoms with Gasteiger partial charge in [0.05, 0.1) is 18.8 Å². The zero-order valence-corrected chi connectivity index (χ0v) is 37.5.